The molecule has 1 aliphatic heterocycles. The molecule has 1 aliphatic rings. The first-order valence-electron chi connectivity index (χ1n) is 6.26. The average Bonchev–Trinajstić information content (AvgIpc) is 2.28. The summed E-state index contributed by atoms with van der Waals surface area (Å²) in [5.74, 6) is 0.506. The predicted octanol–water partition coefficient (Wildman–Crippen LogP) is 2.99. The van der Waals surface area contributed by atoms with Gasteiger partial charge in [0.15, 0.2) is 0 Å². The zero-order valence-electron chi connectivity index (χ0n) is 10.9. The van der Waals surface area contributed by atoms with Crippen LogP contribution >= 0.6 is 0 Å². The number of nitrogens with one attached hydrogen (secondary N) is 2. The van der Waals surface area contributed by atoms with E-state index in [1.54, 1.807) is 6.92 Å². The van der Waals surface area contributed by atoms with Gasteiger partial charge in [-0.3, -0.25) is 0 Å². The number of allylic oxidation sites excluding steroid dienone is 3. The first-order valence-corrected chi connectivity index (χ1v) is 6.26. The molecule has 0 aromatic carbocycles. The molecular weight excluding hydrogens is 241 g/mol. The summed E-state index contributed by atoms with van der Waals surface area (Å²) in [7, 11) is 1.47. The lowest BCUT2D eigenvalue weighted by molar-refractivity contribution is -0.0886. The maximum atomic E-state index is 12.7. The van der Waals surface area contributed by atoms with Gasteiger partial charge in [0.05, 0.1) is 5.57 Å². The van der Waals surface area contributed by atoms with Crippen LogP contribution in [-0.4, -0.2) is 26.3 Å². The minimum atomic E-state index is -4.29. The Bertz CT molecular complexity index is 313. The fraction of sp³-hybridized carbons (Fsp3) is 0.692. The molecule has 0 aliphatic carbocycles. The topological polar surface area (TPSA) is 24.1 Å². The minimum absolute atomic E-state index is 0.506. The van der Waals surface area contributed by atoms with Crippen molar-refractivity contribution >= 4 is 0 Å². The summed E-state index contributed by atoms with van der Waals surface area (Å²) in [4.78, 5) is 0. The van der Waals surface area contributed by atoms with Crippen LogP contribution in [0.4, 0.5) is 13.2 Å². The van der Waals surface area contributed by atoms with Crippen molar-refractivity contribution in [2.45, 2.75) is 32.4 Å². The van der Waals surface area contributed by atoms with Gasteiger partial charge in [0.25, 0.3) is 0 Å². The first kappa shape index (κ1) is 15.1. The number of piperidine rings is 1. The molecule has 0 saturated carbocycles. The zero-order chi connectivity index (χ0) is 13.6. The average molecular weight is 262 g/mol. The molecule has 0 spiro atoms. The van der Waals surface area contributed by atoms with E-state index >= 15 is 0 Å². The van der Waals surface area contributed by atoms with E-state index in [0.717, 1.165) is 44.1 Å². The van der Waals surface area contributed by atoms with Crippen molar-refractivity contribution < 1.29 is 13.2 Å². The van der Waals surface area contributed by atoms with Crippen LogP contribution in [0.15, 0.2) is 23.4 Å². The summed E-state index contributed by atoms with van der Waals surface area (Å²) in [6, 6.07) is 0. The van der Waals surface area contributed by atoms with Crippen LogP contribution in [0.2, 0.25) is 0 Å². The van der Waals surface area contributed by atoms with Crippen molar-refractivity contribution in [3.8, 4) is 0 Å². The third-order valence-corrected chi connectivity index (χ3v) is 3.10. The molecule has 0 bridgehead atoms. The largest absolute Gasteiger partial charge is 0.417 e. The van der Waals surface area contributed by atoms with Gasteiger partial charge < -0.3 is 10.6 Å². The van der Waals surface area contributed by atoms with Crippen molar-refractivity contribution in [1.82, 2.24) is 10.6 Å². The molecule has 18 heavy (non-hydrogen) atoms. The van der Waals surface area contributed by atoms with Gasteiger partial charge in [-0.05, 0) is 51.3 Å². The van der Waals surface area contributed by atoms with Crippen LogP contribution in [0, 0.1) is 5.92 Å². The fourth-order valence-electron chi connectivity index (χ4n) is 2.23. The Kier molecular flexibility index (Phi) is 5.72. The van der Waals surface area contributed by atoms with E-state index in [1.165, 1.54) is 13.1 Å². The summed E-state index contributed by atoms with van der Waals surface area (Å²) in [6.07, 6.45) is 0.798. The smallest absolute Gasteiger partial charge is 0.393 e. The van der Waals surface area contributed by atoms with Gasteiger partial charge in [-0.1, -0.05) is 5.57 Å². The lowest BCUT2D eigenvalue weighted by Gasteiger charge is -2.23. The Morgan fingerprint density at radius 2 is 1.94 bits per heavy atom. The molecule has 1 saturated heterocycles. The standard InChI is InChI=1S/C13H21F3N2/c1-10(7-11-3-5-18-6-4-11)8-12(9-17-2)13(14,15)16/h8-9,11,17-18H,3-7H2,1-2H3/b10-8+,12-9+. The Morgan fingerprint density at radius 3 is 2.44 bits per heavy atom. The van der Waals surface area contributed by atoms with Gasteiger partial charge in [-0.2, -0.15) is 13.2 Å². The SMILES string of the molecule is CN/C=C(\C=C(/C)CC1CCNCC1)C(F)(F)F. The number of halogens is 3. The van der Waals surface area contributed by atoms with E-state index in [0.29, 0.717) is 5.92 Å². The summed E-state index contributed by atoms with van der Waals surface area (Å²) in [5, 5.41) is 5.70. The molecular formula is C13H21F3N2. The molecule has 2 N–H and O–H groups in total. The van der Waals surface area contributed by atoms with Crippen molar-refractivity contribution in [2.75, 3.05) is 20.1 Å². The van der Waals surface area contributed by atoms with Gasteiger partial charge in [-0.25, -0.2) is 0 Å². The minimum Gasteiger partial charge on any atom is -0.393 e. The molecule has 0 radical (unpaired) electrons. The third kappa shape index (κ3) is 5.12. The quantitative estimate of drug-likeness (QED) is 0.761. The lowest BCUT2D eigenvalue weighted by atomic mass is 9.91. The molecule has 0 aromatic rings. The van der Waals surface area contributed by atoms with E-state index in [-0.39, 0.29) is 0 Å². The van der Waals surface area contributed by atoms with Gasteiger partial charge in [-0.15, -0.1) is 0 Å². The third-order valence-electron chi connectivity index (χ3n) is 3.10. The molecule has 0 unspecified atom stereocenters. The number of hydrogen-bond acceptors (Lipinski definition) is 2. The molecule has 104 valence electrons. The second kappa shape index (κ2) is 6.83. The normalized spacial score (nSPS) is 20.1. The summed E-state index contributed by atoms with van der Waals surface area (Å²) < 4.78 is 38.0. The maximum Gasteiger partial charge on any atom is 0.417 e. The van der Waals surface area contributed by atoms with E-state index in [4.69, 9.17) is 0 Å². The summed E-state index contributed by atoms with van der Waals surface area (Å²) >= 11 is 0. The molecule has 1 rings (SSSR count). The highest BCUT2D eigenvalue weighted by atomic mass is 19.4. The van der Waals surface area contributed by atoms with Crippen molar-refractivity contribution in [3.05, 3.63) is 23.4 Å². The van der Waals surface area contributed by atoms with Gasteiger partial charge in [0, 0.05) is 13.2 Å². The van der Waals surface area contributed by atoms with Crippen LogP contribution in [0.1, 0.15) is 26.2 Å². The molecule has 1 heterocycles. The molecule has 1 fully saturated rings. The van der Waals surface area contributed by atoms with Crippen LogP contribution < -0.4 is 10.6 Å². The zero-order valence-corrected chi connectivity index (χ0v) is 10.9. The highest BCUT2D eigenvalue weighted by Gasteiger charge is 2.32. The van der Waals surface area contributed by atoms with E-state index in [9.17, 15) is 13.2 Å². The van der Waals surface area contributed by atoms with E-state index < -0.39 is 11.7 Å². The number of hydrogen-bond donors (Lipinski definition) is 2. The molecule has 5 heteroatoms. The Morgan fingerprint density at radius 1 is 1.33 bits per heavy atom. The van der Waals surface area contributed by atoms with Crippen LogP contribution in [-0.2, 0) is 0 Å². The number of alkyl halides is 3. The van der Waals surface area contributed by atoms with Crippen molar-refractivity contribution in [1.29, 1.82) is 0 Å². The van der Waals surface area contributed by atoms with E-state index in [1.807, 2.05) is 0 Å². The summed E-state index contributed by atoms with van der Waals surface area (Å²) in [5.41, 5.74) is 0.178. The van der Waals surface area contributed by atoms with Crippen LogP contribution in [0.25, 0.3) is 0 Å². The second-order valence-corrected chi connectivity index (χ2v) is 4.77. The Balaban J connectivity index is 2.64. The monoisotopic (exact) mass is 262 g/mol. The molecule has 0 amide bonds. The predicted molar refractivity (Wildman–Crippen MR) is 67.2 cm³/mol. The van der Waals surface area contributed by atoms with Crippen molar-refractivity contribution in [3.63, 3.8) is 0 Å². The van der Waals surface area contributed by atoms with Gasteiger partial charge in [0.2, 0.25) is 0 Å². The highest BCUT2D eigenvalue weighted by Crippen LogP contribution is 2.29. The first-order chi connectivity index (χ1) is 8.43. The Hall–Kier alpha value is -0.970. The molecule has 0 aromatic heterocycles. The van der Waals surface area contributed by atoms with Gasteiger partial charge in [0.1, 0.15) is 0 Å². The van der Waals surface area contributed by atoms with Crippen molar-refractivity contribution in [2.24, 2.45) is 5.92 Å². The van der Waals surface area contributed by atoms with E-state index in [2.05, 4.69) is 10.6 Å². The van der Waals surface area contributed by atoms with Crippen LogP contribution in [0.5, 0.6) is 0 Å². The fourth-order valence-corrected chi connectivity index (χ4v) is 2.23. The lowest BCUT2D eigenvalue weighted by Crippen LogP contribution is -2.27. The second-order valence-electron chi connectivity index (χ2n) is 4.77. The van der Waals surface area contributed by atoms with Gasteiger partial charge >= 0.3 is 6.18 Å². The molecule has 0 atom stereocenters. The number of rotatable bonds is 4. The Labute approximate surface area is 106 Å². The van der Waals surface area contributed by atoms with Crippen LogP contribution in [0.3, 0.4) is 0 Å². The maximum absolute atomic E-state index is 12.7. The highest BCUT2D eigenvalue weighted by molar-refractivity contribution is 5.26. The molecule has 2 nitrogen and oxygen atoms in total. The summed E-state index contributed by atoms with van der Waals surface area (Å²) in [6.45, 7) is 3.71.